The van der Waals surface area contributed by atoms with Gasteiger partial charge in [-0.25, -0.2) is 0 Å². The molecule has 0 bridgehead atoms. The predicted octanol–water partition coefficient (Wildman–Crippen LogP) is -0.492. The van der Waals surface area contributed by atoms with Gasteiger partial charge in [0, 0.05) is 6.61 Å². The highest BCUT2D eigenvalue weighted by Gasteiger charge is 1.87. The third kappa shape index (κ3) is 5.43. The van der Waals surface area contributed by atoms with E-state index in [0.29, 0.717) is 6.61 Å². The SMILES string of the molecule is CCOCC(N)=O. The molecule has 2 N–H and O–H groups in total. The van der Waals surface area contributed by atoms with Crippen LogP contribution in [0.25, 0.3) is 0 Å². The van der Waals surface area contributed by atoms with Crippen molar-refractivity contribution in [3.63, 3.8) is 0 Å². The maximum atomic E-state index is 9.86. The molecule has 0 aromatic carbocycles. The van der Waals surface area contributed by atoms with E-state index in [0.717, 1.165) is 0 Å². The van der Waals surface area contributed by atoms with Crippen LogP contribution < -0.4 is 5.73 Å². The number of hydrogen-bond acceptors (Lipinski definition) is 2. The normalized spacial score (nSPS) is 8.71. The Bertz CT molecular complexity index is 62.7. The summed E-state index contributed by atoms with van der Waals surface area (Å²) in [5, 5.41) is 0. The smallest absolute Gasteiger partial charge is 0.243 e. The molecule has 0 saturated heterocycles. The fourth-order valence-corrected chi connectivity index (χ4v) is 0.203. The van der Waals surface area contributed by atoms with Crippen molar-refractivity contribution in [2.24, 2.45) is 5.73 Å². The Morgan fingerprint density at radius 3 is 2.57 bits per heavy atom. The van der Waals surface area contributed by atoms with E-state index in [4.69, 9.17) is 5.73 Å². The number of nitrogens with two attached hydrogens (primary N) is 1. The summed E-state index contributed by atoms with van der Waals surface area (Å²) in [7, 11) is 0. The van der Waals surface area contributed by atoms with Crippen LogP contribution in [-0.2, 0) is 9.53 Å². The number of primary amides is 1. The molecular formula is C4H9NO2. The van der Waals surface area contributed by atoms with Gasteiger partial charge < -0.3 is 10.5 Å². The fourth-order valence-electron chi connectivity index (χ4n) is 0.203. The van der Waals surface area contributed by atoms with Crippen molar-refractivity contribution < 1.29 is 9.53 Å². The molecule has 0 aromatic rings. The molecule has 42 valence electrons. The van der Waals surface area contributed by atoms with Crippen molar-refractivity contribution in [1.82, 2.24) is 0 Å². The topological polar surface area (TPSA) is 52.3 Å². The number of ether oxygens (including phenoxy) is 1. The number of carbonyl (C=O) groups is 1. The van der Waals surface area contributed by atoms with Crippen LogP contribution in [0.1, 0.15) is 6.92 Å². The maximum Gasteiger partial charge on any atom is 0.243 e. The molecule has 3 heteroatoms. The van der Waals surface area contributed by atoms with E-state index >= 15 is 0 Å². The Hall–Kier alpha value is -0.570. The van der Waals surface area contributed by atoms with Crippen molar-refractivity contribution >= 4 is 5.91 Å². The van der Waals surface area contributed by atoms with Crippen molar-refractivity contribution in [2.75, 3.05) is 13.2 Å². The molecule has 0 spiro atoms. The zero-order valence-electron chi connectivity index (χ0n) is 4.31. The summed E-state index contributed by atoms with van der Waals surface area (Å²) in [4.78, 5) is 9.86. The molecule has 0 saturated carbocycles. The summed E-state index contributed by atoms with van der Waals surface area (Å²) in [6.07, 6.45) is 0. The second-order valence-electron chi connectivity index (χ2n) is 1.10. The highest BCUT2D eigenvalue weighted by atomic mass is 16.5. The van der Waals surface area contributed by atoms with Gasteiger partial charge in [-0.05, 0) is 6.92 Å². The van der Waals surface area contributed by atoms with E-state index in [-0.39, 0.29) is 6.61 Å². The van der Waals surface area contributed by atoms with Crippen LogP contribution >= 0.6 is 0 Å². The minimum Gasteiger partial charge on any atom is -0.372 e. The van der Waals surface area contributed by atoms with Crippen LogP contribution in [-0.4, -0.2) is 19.1 Å². The van der Waals surface area contributed by atoms with E-state index < -0.39 is 5.91 Å². The second kappa shape index (κ2) is 3.61. The zero-order chi connectivity index (χ0) is 5.70. The molecule has 0 radical (unpaired) electrons. The minimum atomic E-state index is -0.415. The summed E-state index contributed by atoms with van der Waals surface area (Å²) in [5.74, 6) is -0.415. The quantitative estimate of drug-likeness (QED) is 0.524. The van der Waals surface area contributed by atoms with Crippen LogP contribution in [0.2, 0.25) is 0 Å². The molecule has 0 atom stereocenters. The van der Waals surface area contributed by atoms with Gasteiger partial charge in [-0.3, -0.25) is 4.79 Å². The molecule has 3 nitrogen and oxygen atoms in total. The van der Waals surface area contributed by atoms with Gasteiger partial charge in [0.05, 0.1) is 0 Å². The zero-order valence-corrected chi connectivity index (χ0v) is 4.31. The number of amides is 1. The minimum absolute atomic E-state index is 0.0382. The molecule has 0 rings (SSSR count). The van der Waals surface area contributed by atoms with E-state index in [1.807, 2.05) is 6.92 Å². The predicted molar refractivity (Wildman–Crippen MR) is 25.7 cm³/mol. The van der Waals surface area contributed by atoms with Gasteiger partial charge in [0.1, 0.15) is 6.61 Å². The van der Waals surface area contributed by atoms with Gasteiger partial charge >= 0.3 is 0 Å². The van der Waals surface area contributed by atoms with Crippen LogP contribution in [0.4, 0.5) is 0 Å². The van der Waals surface area contributed by atoms with Crippen LogP contribution in [0, 0.1) is 0 Å². The maximum absolute atomic E-state index is 9.86. The van der Waals surface area contributed by atoms with Crippen LogP contribution in [0.15, 0.2) is 0 Å². The van der Waals surface area contributed by atoms with E-state index in [2.05, 4.69) is 4.74 Å². The second-order valence-corrected chi connectivity index (χ2v) is 1.10. The third-order valence-electron chi connectivity index (χ3n) is 0.448. The van der Waals surface area contributed by atoms with E-state index in [1.54, 1.807) is 0 Å². The van der Waals surface area contributed by atoms with Crippen molar-refractivity contribution in [3.8, 4) is 0 Å². The molecule has 0 aliphatic carbocycles. The largest absolute Gasteiger partial charge is 0.372 e. The summed E-state index contributed by atoms with van der Waals surface area (Å²) in [5.41, 5.74) is 4.71. The lowest BCUT2D eigenvalue weighted by atomic mass is 10.7. The first kappa shape index (κ1) is 6.43. The molecule has 0 heterocycles. The summed E-state index contributed by atoms with van der Waals surface area (Å²) >= 11 is 0. The summed E-state index contributed by atoms with van der Waals surface area (Å²) in [6, 6.07) is 0. The van der Waals surface area contributed by atoms with Gasteiger partial charge in [0.15, 0.2) is 0 Å². The molecule has 7 heavy (non-hydrogen) atoms. The van der Waals surface area contributed by atoms with Gasteiger partial charge in [-0.15, -0.1) is 0 Å². The molecule has 0 aromatic heterocycles. The molecule has 0 unspecified atom stereocenters. The number of hydrogen-bond donors (Lipinski definition) is 1. The van der Waals surface area contributed by atoms with E-state index in [1.165, 1.54) is 0 Å². The summed E-state index contributed by atoms with van der Waals surface area (Å²) in [6.45, 7) is 2.39. The first-order valence-corrected chi connectivity index (χ1v) is 2.13. The first-order valence-electron chi connectivity index (χ1n) is 2.13. The van der Waals surface area contributed by atoms with Crippen molar-refractivity contribution in [1.29, 1.82) is 0 Å². The van der Waals surface area contributed by atoms with E-state index in [9.17, 15) is 4.79 Å². The third-order valence-corrected chi connectivity index (χ3v) is 0.448. The molecule has 0 fully saturated rings. The lowest BCUT2D eigenvalue weighted by Crippen LogP contribution is -2.17. The Balaban J connectivity index is 2.82. The van der Waals surface area contributed by atoms with Crippen molar-refractivity contribution in [3.05, 3.63) is 0 Å². The Morgan fingerprint density at radius 1 is 1.86 bits per heavy atom. The molecule has 0 aliphatic rings. The highest BCUT2D eigenvalue weighted by molar-refractivity contribution is 5.74. The molecule has 0 aliphatic heterocycles. The standard InChI is InChI=1S/C4H9NO2/c1-2-7-3-4(5)6/h2-3H2,1H3,(H2,5,6). The lowest BCUT2D eigenvalue weighted by molar-refractivity contribution is -0.122. The highest BCUT2D eigenvalue weighted by Crippen LogP contribution is 1.67. The molecule has 1 amide bonds. The average Bonchev–Trinajstić information content (AvgIpc) is 1.61. The average molecular weight is 103 g/mol. The van der Waals surface area contributed by atoms with Crippen LogP contribution in [0.3, 0.4) is 0 Å². The summed E-state index contributed by atoms with van der Waals surface area (Å²) < 4.78 is 4.62. The van der Waals surface area contributed by atoms with Crippen molar-refractivity contribution in [2.45, 2.75) is 6.92 Å². The lowest BCUT2D eigenvalue weighted by Gasteiger charge is -1.91. The van der Waals surface area contributed by atoms with Gasteiger partial charge in [0.25, 0.3) is 0 Å². The number of rotatable bonds is 3. The Morgan fingerprint density at radius 2 is 2.43 bits per heavy atom. The van der Waals surface area contributed by atoms with Gasteiger partial charge in [-0.1, -0.05) is 0 Å². The van der Waals surface area contributed by atoms with Gasteiger partial charge in [0.2, 0.25) is 5.91 Å². The fraction of sp³-hybridized carbons (Fsp3) is 0.750. The first-order chi connectivity index (χ1) is 3.27. The monoisotopic (exact) mass is 103 g/mol. The Kier molecular flexibility index (Phi) is 3.32. The number of carbonyl (C=O) groups excluding carboxylic acids is 1. The van der Waals surface area contributed by atoms with Gasteiger partial charge in [-0.2, -0.15) is 0 Å². The molecular weight excluding hydrogens is 94.0 g/mol. The van der Waals surface area contributed by atoms with Crippen LogP contribution in [0.5, 0.6) is 0 Å². The Labute approximate surface area is 42.4 Å².